The molecule has 1 rings (SSSR count). The first-order valence-electron chi connectivity index (χ1n) is 5.79. The minimum atomic E-state index is -0.197. The highest BCUT2D eigenvalue weighted by atomic mass is 127. The van der Waals surface area contributed by atoms with Crippen LogP contribution in [0.5, 0.6) is 5.75 Å². The third-order valence-electron chi connectivity index (χ3n) is 2.49. The summed E-state index contributed by atoms with van der Waals surface area (Å²) < 4.78 is 1.16. The Morgan fingerprint density at radius 3 is 2.76 bits per heavy atom. The van der Waals surface area contributed by atoms with Crippen molar-refractivity contribution in [3.63, 3.8) is 0 Å². The van der Waals surface area contributed by atoms with Gasteiger partial charge in [-0.15, -0.1) is 0 Å². The zero-order valence-electron chi connectivity index (χ0n) is 10.0. The molecular formula is C13H18INO2. The number of aromatic hydroxyl groups is 1. The summed E-state index contributed by atoms with van der Waals surface area (Å²) in [6.07, 6.45) is 3.30. The molecular weight excluding hydrogens is 329 g/mol. The van der Waals surface area contributed by atoms with Gasteiger partial charge < -0.3 is 10.4 Å². The van der Waals surface area contributed by atoms with Gasteiger partial charge in [-0.1, -0.05) is 35.1 Å². The second-order valence-electron chi connectivity index (χ2n) is 4.03. The number of hydrogen-bond acceptors (Lipinski definition) is 2. The molecule has 0 spiro atoms. The summed E-state index contributed by atoms with van der Waals surface area (Å²) in [6, 6.07) is 5.08. The van der Waals surface area contributed by atoms with E-state index in [9.17, 15) is 9.90 Å². The van der Waals surface area contributed by atoms with Crippen molar-refractivity contribution >= 4 is 28.5 Å². The zero-order chi connectivity index (χ0) is 12.7. The molecule has 1 aromatic rings. The first-order valence-corrected chi connectivity index (χ1v) is 7.31. The van der Waals surface area contributed by atoms with Gasteiger partial charge >= 0.3 is 0 Å². The third kappa shape index (κ3) is 4.93. The van der Waals surface area contributed by atoms with Crippen LogP contribution in [0.4, 0.5) is 0 Å². The Morgan fingerprint density at radius 1 is 1.35 bits per heavy atom. The van der Waals surface area contributed by atoms with Crippen LogP contribution >= 0.6 is 22.6 Å². The largest absolute Gasteiger partial charge is 0.507 e. The van der Waals surface area contributed by atoms with Crippen molar-refractivity contribution in [1.82, 2.24) is 5.32 Å². The molecule has 94 valence electrons. The van der Waals surface area contributed by atoms with Gasteiger partial charge in [0.2, 0.25) is 0 Å². The van der Waals surface area contributed by atoms with Crippen LogP contribution in [0.2, 0.25) is 0 Å². The van der Waals surface area contributed by atoms with Gasteiger partial charge in [0.05, 0.1) is 5.56 Å². The van der Waals surface area contributed by atoms with Crippen LogP contribution in [0.25, 0.3) is 0 Å². The van der Waals surface area contributed by atoms with E-state index in [0.717, 1.165) is 22.8 Å². The number of phenols is 1. The molecule has 0 aliphatic rings. The molecule has 0 aliphatic heterocycles. The number of aryl methyl sites for hydroxylation is 1. The summed E-state index contributed by atoms with van der Waals surface area (Å²) in [5.41, 5.74) is 1.30. The molecule has 1 aromatic carbocycles. The number of carbonyl (C=O) groups excluding carboxylic acids is 1. The molecule has 0 bridgehead atoms. The van der Waals surface area contributed by atoms with E-state index in [2.05, 4.69) is 27.9 Å². The summed E-state index contributed by atoms with van der Waals surface area (Å²) in [6.45, 7) is 2.55. The predicted octanol–water partition coefficient (Wildman–Crippen LogP) is 3.04. The van der Waals surface area contributed by atoms with Crippen molar-refractivity contribution in [3.05, 3.63) is 29.3 Å². The van der Waals surface area contributed by atoms with Crippen molar-refractivity contribution in [2.75, 3.05) is 11.0 Å². The van der Waals surface area contributed by atoms with Gasteiger partial charge in [-0.3, -0.25) is 4.79 Å². The summed E-state index contributed by atoms with van der Waals surface area (Å²) in [4.78, 5) is 11.7. The van der Waals surface area contributed by atoms with E-state index in [1.807, 2.05) is 13.0 Å². The SMILES string of the molecule is Cc1ccc(C(=O)NCCCCCI)c(O)c1. The molecule has 0 saturated heterocycles. The lowest BCUT2D eigenvalue weighted by atomic mass is 10.1. The van der Waals surface area contributed by atoms with Crippen LogP contribution in [-0.4, -0.2) is 22.0 Å². The molecule has 0 saturated carbocycles. The molecule has 1 amide bonds. The minimum Gasteiger partial charge on any atom is -0.507 e. The fourth-order valence-electron chi connectivity index (χ4n) is 1.53. The highest BCUT2D eigenvalue weighted by Crippen LogP contribution is 2.18. The van der Waals surface area contributed by atoms with Crippen molar-refractivity contribution in [2.45, 2.75) is 26.2 Å². The number of alkyl halides is 1. The third-order valence-corrected chi connectivity index (χ3v) is 3.26. The van der Waals surface area contributed by atoms with Crippen molar-refractivity contribution < 1.29 is 9.90 Å². The number of rotatable bonds is 6. The number of hydrogen-bond donors (Lipinski definition) is 2. The van der Waals surface area contributed by atoms with Crippen molar-refractivity contribution in [3.8, 4) is 5.75 Å². The number of carbonyl (C=O) groups is 1. The maximum Gasteiger partial charge on any atom is 0.255 e. The lowest BCUT2D eigenvalue weighted by Crippen LogP contribution is -2.24. The minimum absolute atomic E-state index is 0.0507. The zero-order valence-corrected chi connectivity index (χ0v) is 12.2. The fourth-order valence-corrected chi connectivity index (χ4v) is 2.07. The molecule has 17 heavy (non-hydrogen) atoms. The molecule has 3 nitrogen and oxygen atoms in total. The monoisotopic (exact) mass is 347 g/mol. The van der Waals surface area contributed by atoms with Crippen LogP contribution in [0, 0.1) is 6.92 Å². The van der Waals surface area contributed by atoms with Crippen LogP contribution in [0.1, 0.15) is 35.2 Å². The topological polar surface area (TPSA) is 49.3 Å². The molecule has 0 radical (unpaired) electrons. The Kier molecular flexibility index (Phi) is 6.32. The van der Waals surface area contributed by atoms with Gasteiger partial charge in [-0.2, -0.15) is 0 Å². The van der Waals surface area contributed by atoms with E-state index in [4.69, 9.17) is 0 Å². The van der Waals surface area contributed by atoms with Crippen molar-refractivity contribution in [1.29, 1.82) is 0 Å². The lowest BCUT2D eigenvalue weighted by molar-refractivity contribution is 0.0950. The van der Waals surface area contributed by atoms with Gasteiger partial charge in [-0.25, -0.2) is 0 Å². The molecule has 0 heterocycles. The van der Waals surface area contributed by atoms with Gasteiger partial charge in [-0.05, 0) is 41.9 Å². The fraction of sp³-hybridized carbons (Fsp3) is 0.462. The Bertz CT molecular complexity index is 380. The van der Waals surface area contributed by atoms with E-state index in [-0.39, 0.29) is 11.7 Å². The number of nitrogens with one attached hydrogen (secondary N) is 1. The number of phenolic OH excluding ortho intramolecular Hbond substituents is 1. The maximum atomic E-state index is 11.7. The Hall–Kier alpha value is -0.780. The first kappa shape index (κ1) is 14.3. The molecule has 0 aromatic heterocycles. The average Bonchev–Trinajstić information content (AvgIpc) is 2.28. The normalized spacial score (nSPS) is 10.2. The second-order valence-corrected chi connectivity index (χ2v) is 5.10. The average molecular weight is 347 g/mol. The summed E-state index contributed by atoms with van der Waals surface area (Å²) >= 11 is 2.35. The molecule has 0 atom stereocenters. The van der Waals surface area contributed by atoms with Gasteiger partial charge in [0.25, 0.3) is 5.91 Å². The Balaban J connectivity index is 2.42. The van der Waals surface area contributed by atoms with E-state index in [0.29, 0.717) is 12.1 Å². The van der Waals surface area contributed by atoms with E-state index >= 15 is 0 Å². The van der Waals surface area contributed by atoms with Gasteiger partial charge in [0.1, 0.15) is 5.75 Å². The molecule has 0 fully saturated rings. The predicted molar refractivity (Wildman–Crippen MR) is 77.9 cm³/mol. The summed E-state index contributed by atoms with van der Waals surface area (Å²) in [5.74, 6) is -0.147. The summed E-state index contributed by atoms with van der Waals surface area (Å²) in [5, 5.41) is 12.5. The van der Waals surface area contributed by atoms with E-state index < -0.39 is 0 Å². The smallest absolute Gasteiger partial charge is 0.255 e. The van der Waals surface area contributed by atoms with Crippen LogP contribution in [-0.2, 0) is 0 Å². The highest BCUT2D eigenvalue weighted by Gasteiger charge is 2.09. The number of amides is 1. The molecule has 2 N–H and O–H groups in total. The Morgan fingerprint density at radius 2 is 2.12 bits per heavy atom. The maximum absolute atomic E-state index is 11.7. The van der Waals surface area contributed by atoms with Crippen LogP contribution < -0.4 is 5.32 Å². The second kappa shape index (κ2) is 7.53. The first-order chi connectivity index (χ1) is 8.15. The number of halogens is 1. The standard InChI is InChI=1S/C13H18INO2/c1-10-5-6-11(12(16)9-10)13(17)15-8-4-2-3-7-14/h5-6,9,16H,2-4,7-8H2,1H3,(H,15,17). The molecule has 0 unspecified atom stereocenters. The van der Waals surface area contributed by atoms with Crippen LogP contribution in [0.15, 0.2) is 18.2 Å². The van der Waals surface area contributed by atoms with E-state index in [1.165, 1.54) is 6.42 Å². The summed E-state index contributed by atoms with van der Waals surface area (Å²) in [7, 11) is 0. The quantitative estimate of drug-likeness (QED) is 0.472. The highest BCUT2D eigenvalue weighted by molar-refractivity contribution is 14.1. The van der Waals surface area contributed by atoms with Gasteiger partial charge in [0.15, 0.2) is 0 Å². The lowest BCUT2D eigenvalue weighted by Gasteiger charge is -2.07. The number of unbranched alkanes of at least 4 members (excludes halogenated alkanes) is 2. The number of benzene rings is 1. The van der Waals surface area contributed by atoms with Crippen LogP contribution in [0.3, 0.4) is 0 Å². The van der Waals surface area contributed by atoms with Crippen molar-refractivity contribution in [2.24, 2.45) is 0 Å². The van der Waals surface area contributed by atoms with Gasteiger partial charge in [0, 0.05) is 6.54 Å². The molecule has 4 heteroatoms. The molecule has 0 aliphatic carbocycles. The van der Waals surface area contributed by atoms with E-state index in [1.54, 1.807) is 12.1 Å². The Labute approximate surface area is 116 Å².